The van der Waals surface area contributed by atoms with Crippen LogP contribution in [0.3, 0.4) is 0 Å². The van der Waals surface area contributed by atoms with Crippen LogP contribution in [0.15, 0.2) is 53.2 Å². The first-order valence-corrected chi connectivity index (χ1v) is 7.88. The van der Waals surface area contributed by atoms with Crippen LogP contribution in [0.5, 0.6) is 0 Å². The van der Waals surface area contributed by atoms with E-state index in [1.165, 1.54) is 6.33 Å². The number of amides is 1. The van der Waals surface area contributed by atoms with Crippen molar-refractivity contribution in [1.82, 2.24) is 20.2 Å². The summed E-state index contributed by atoms with van der Waals surface area (Å²) < 4.78 is 5.91. The Hall–Kier alpha value is -3.94. The summed E-state index contributed by atoms with van der Waals surface area (Å²) in [5, 5.41) is 11.5. The Morgan fingerprint density at radius 1 is 1.12 bits per heavy atom. The highest BCUT2D eigenvalue weighted by molar-refractivity contribution is 6.07. The van der Waals surface area contributed by atoms with Crippen LogP contribution in [0.25, 0.3) is 33.0 Å². The fraction of sp³-hybridized carbons (Fsp3) is 0. The topological polar surface area (TPSA) is 123 Å². The fourth-order valence-electron chi connectivity index (χ4n) is 3.03. The molecule has 0 aliphatic heterocycles. The van der Waals surface area contributed by atoms with Gasteiger partial charge < -0.3 is 15.5 Å². The normalized spacial score (nSPS) is 11.4. The van der Waals surface area contributed by atoms with Crippen molar-refractivity contribution >= 4 is 50.4 Å². The smallest absolute Gasteiger partial charge is 0.269 e. The molecule has 8 heteroatoms. The van der Waals surface area contributed by atoms with Gasteiger partial charge in [-0.25, -0.2) is 9.97 Å². The summed E-state index contributed by atoms with van der Waals surface area (Å²) in [6.07, 6.45) is 1.48. The first-order chi connectivity index (χ1) is 12.7. The minimum absolute atomic E-state index is 0.195. The number of fused-ring (bicyclic) bond motifs is 4. The zero-order valence-electron chi connectivity index (χ0n) is 13.4. The highest BCUT2D eigenvalue weighted by atomic mass is 16.3. The maximum absolute atomic E-state index is 11.5. The Kier molecular flexibility index (Phi) is 2.93. The Balaban J connectivity index is 1.64. The van der Waals surface area contributed by atoms with Gasteiger partial charge in [0.25, 0.3) is 5.91 Å². The highest BCUT2D eigenvalue weighted by Crippen LogP contribution is 2.32. The molecule has 0 saturated heterocycles. The molecule has 1 amide bonds. The van der Waals surface area contributed by atoms with Gasteiger partial charge in [0.15, 0.2) is 17.1 Å². The van der Waals surface area contributed by atoms with Gasteiger partial charge in [-0.1, -0.05) is 12.1 Å². The van der Waals surface area contributed by atoms with Gasteiger partial charge >= 0.3 is 0 Å². The predicted octanol–water partition coefficient (Wildman–Crippen LogP) is 3.09. The Morgan fingerprint density at radius 3 is 2.88 bits per heavy atom. The van der Waals surface area contributed by atoms with Gasteiger partial charge in [-0.15, -0.1) is 0 Å². The molecule has 3 heterocycles. The molecule has 2 aromatic carbocycles. The molecule has 0 unspecified atom stereocenters. The molecular formula is C18H12N6O2. The highest BCUT2D eigenvalue weighted by Gasteiger charge is 2.15. The lowest BCUT2D eigenvalue weighted by Crippen LogP contribution is -2.11. The maximum Gasteiger partial charge on any atom is 0.269 e. The lowest BCUT2D eigenvalue weighted by molar-refractivity contribution is 0.0997. The summed E-state index contributed by atoms with van der Waals surface area (Å²) in [5.74, 6) is -0.0511. The molecule has 0 saturated carbocycles. The number of hydrogen-bond donors (Lipinski definition) is 3. The van der Waals surface area contributed by atoms with Crippen LogP contribution in [0.1, 0.15) is 10.5 Å². The number of aromatic amines is 1. The molecule has 0 atom stereocenters. The van der Waals surface area contributed by atoms with Crippen molar-refractivity contribution in [2.75, 3.05) is 5.32 Å². The molecule has 0 bridgehead atoms. The van der Waals surface area contributed by atoms with E-state index in [1.807, 2.05) is 36.4 Å². The van der Waals surface area contributed by atoms with Crippen molar-refractivity contribution in [3.8, 4) is 0 Å². The number of carbonyl (C=O) groups is 1. The van der Waals surface area contributed by atoms with E-state index < -0.39 is 5.91 Å². The summed E-state index contributed by atoms with van der Waals surface area (Å²) in [6.45, 7) is 0. The number of nitrogens with zero attached hydrogens (tertiary/aromatic N) is 3. The van der Waals surface area contributed by atoms with E-state index in [2.05, 4.69) is 25.5 Å². The monoisotopic (exact) mass is 344 g/mol. The second-order valence-electron chi connectivity index (χ2n) is 5.82. The molecule has 5 rings (SSSR count). The van der Waals surface area contributed by atoms with Crippen molar-refractivity contribution < 1.29 is 9.21 Å². The molecule has 4 N–H and O–H groups in total. The number of carbonyl (C=O) groups excluding carboxylic acids is 1. The summed E-state index contributed by atoms with van der Waals surface area (Å²) >= 11 is 0. The van der Waals surface area contributed by atoms with Gasteiger partial charge in [-0.2, -0.15) is 5.10 Å². The van der Waals surface area contributed by atoms with Crippen LogP contribution in [-0.2, 0) is 0 Å². The number of primary amides is 1. The van der Waals surface area contributed by atoms with Crippen LogP contribution in [0.2, 0.25) is 0 Å². The number of benzene rings is 2. The number of para-hydroxylation sites is 1. The minimum Gasteiger partial charge on any atom is -0.450 e. The number of aromatic nitrogens is 4. The van der Waals surface area contributed by atoms with Crippen molar-refractivity contribution in [3.05, 3.63) is 54.5 Å². The van der Waals surface area contributed by atoms with Crippen LogP contribution in [0.4, 0.5) is 11.5 Å². The molecular weight excluding hydrogens is 332 g/mol. The number of rotatable bonds is 3. The molecule has 0 aliphatic carbocycles. The van der Waals surface area contributed by atoms with Gasteiger partial charge in [0.05, 0.1) is 5.52 Å². The summed E-state index contributed by atoms with van der Waals surface area (Å²) in [7, 11) is 0. The number of anilines is 2. The zero-order valence-corrected chi connectivity index (χ0v) is 13.4. The Morgan fingerprint density at radius 2 is 2.00 bits per heavy atom. The quantitative estimate of drug-likeness (QED) is 0.462. The van der Waals surface area contributed by atoms with Crippen molar-refractivity contribution in [2.24, 2.45) is 5.73 Å². The second kappa shape index (κ2) is 5.28. The number of nitrogens with two attached hydrogens (primary N) is 1. The summed E-state index contributed by atoms with van der Waals surface area (Å²) in [4.78, 5) is 20.1. The SMILES string of the molecule is NC(=O)c1n[nH]c2ccc(Nc3ncnc4c3oc3ccccc34)cc12. The van der Waals surface area contributed by atoms with Crippen LogP contribution >= 0.6 is 0 Å². The Labute approximate surface area is 146 Å². The molecule has 26 heavy (non-hydrogen) atoms. The van der Waals surface area contributed by atoms with E-state index in [0.717, 1.165) is 27.7 Å². The van der Waals surface area contributed by atoms with Gasteiger partial charge in [0.1, 0.15) is 17.4 Å². The van der Waals surface area contributed by atoms with Crippen LogP contribution < -0.4 is 11.1 Å². The van der Waals surface area contributed by atoms with Gasteiger partial charge in [0, 0.05) is 16.5 Å². The average Bonchev–Trinajstić information content (AvgIpc) is 3.23. The minimum atomic E-state index is -0.588. The maximum atomic E-state index is 11.5. The van der Waals surface area contributed by atoms with Gasteiger partial charge in [-0.05, 0) is 30.3 Å². The standard InChI is InChI=1S/C18H12N6O2/c19-17(25)15-11-7-9(5-6-12(11)23-24-15)22-18-16-14(20-8-21-18)10-3-1-2-4-13(10)26-16/h1-8H,(H2,19,25)(H,23,24)(H,20,21,22). The first-order valence-electron chi connectivity index (χ1n) is 7.88. The van der Waals surface area contributed by atoms with Gasteiger partial charge in [-0.3, -0.25) is 9.89 Å². The van der Waals surface area contributed by atoms with E-state index in [0.29, 0.717) is 16.8 Å². The number of H-pyrrole nitrogens is 1. The molecule has 8 nitrogen and oxygen atoms in total. The molecule has 5 aromatic rings. The molecule has 0 aliphatic rings. The third-order valence-corrected chi connectivity index (χ3v) is 4.22. The largest absolute Gasteiger partial charge is 0.450 e. The lowest BCUT2D eigenvalue weighted by Gasteiger charge is -2.05. The summed E-state index contributed by atoms with van der Waals surface area (Å²) in [5.41, 5.74) is 9.05. The van der Waals surface area contributed by atoms with Crippen molar-refractivity contribution in [2.45, 2.75) is 0 Å². The third-order valence-electron chi connectivity index (χ3n) is 4.22. The van der Waals surface area contributed by atoms with Crippen LogP contribution in [-0.4, -0.2) is 26.1 Å². The second-order valence-corrected chi connectivity index (χ2v) is 5.82. The van der Waals surface area contributed by atoms with Gasteiger partial charge in [0.2, 0.25) is 0 Å². The van der Waals surface area contributed by atoms with Crippen molar-refractivity contribution in [3.63, 3.8) is 0 Å². The van der Waals surface area contributed by atoms with E-state index in [4.69, 9.17) is 10.2 Å². The van der Waals surface area contributed by atoms with E-state index >= 15 is 0 Å². The van der Waals surface area contributed by atoms with E-state index in [9.17, 15) is 4.79 Å². The number of furan rings is 1. The molecule has 0 fully saturated rings. The fourth-order valence-corrected chi connectivity index (χ4v) is 3.03. The predicted molar refractivity (Wildman–Crippen MR) is 97.2 cm³/mol. The van der Waals surface area contributed by atoms with Crippen LogP contribution in [0, 0.1) is 0 Å². The third kappa shape index (κ3) is 2.09. The zero-order chi connectivity index (χ0) is 17.7. The lowest BCUT2D eigenvalue weighted by atomic mass is 10.2. The molecule has 0 radical (unpaired) electrons. The molecule has 126 valence electrons. The average molecular weight is 344 g/mol. The Bertz CT molecular complexity index is 1300. The number of nitrogens with one attached hydrogen (secondary N) is 2. The van der Waals surface area contributed by atoms with E-state index in [1.54, 1.807) is 6.07 Å². The summed E-state index contributed by atoms with van der Waals surface area (Å²) in [6, 6.07) is 13.1. The molecule has 3 aromatic heterocycles. The van der Waals surface area contributed by atoms with E-state index in [-0.39, 0.29) is 5.69 Å². The first kappa shape index (κ1) is 14.4. The number of hydrogen-bond acceptors (Lipinski definition) is 6. The molecule has 0 spiro atoms. The van der Waals surface area contributed by atoms with Crippen molar-refractivity contribution in [1.29, 1.82) is 0 Å².